The standard InChI is InChI=1S/C33H38F6O/c1-3-5-6-8-22-11-15-24(16-12-22)40-33(38,39)28-20-19-27(31(36)32(28)37)26-18-17-25(29(34)30(26)35)23-13-9-21(7-4-2)10-14-23/h4,7,15,17-23H,3,5-6,8-14,16H2,1-2H3. The molecule has 0 saturated heterocycles. The summed E-state index contributed by atoms with van der Waals surface area (Å²) >= 11 is 0. The van der Waals surface area contributed by atoms with Crippen LogP contribution in [0.5, 0.6) is 0 Å². The van der Waals surface area contributed by atoms with Crippen molar-refractivity contribution >= 4 is 0 Å². The van der Waals surface area contributed by atoms with E-state index in [1.54, 1.807) is 6.08 Å². The van der Waals surface area contributed by atoms with Crippen LogP contribution in [-0.2, 0) is 10.8 Å². The van der Waals surface area contributed by atoms with Gasteiger partial charge < -0.3 is 4.74 Å². The number of hydrogen-bond donors (Lipinski definition) is 0. The molecule has 1 fully saturated rings. The zero-order chi connectivity index (χ0) is 28.9. The van der Waals surface area contributed by atoms with Crippen LogP contribution in [0.15, 0.2) is 48.3 Å². The normalized spacial score (nSPS) is 22.0. The van der Waals surface area contributed by atoms with Crippen LogP contribution in [0.25, 0.3) is 11.1 Å². The van der Waals surface area contributed by atoms with E-state index in [0.29, 0.717) is 50.0 Å². The summed E-state index contributed by atoms with van der Waals surface area (Å²) in [6.45, 7) is 4.06. The summed E-state index contributed by atoms with van der Waals surface area (Å²) in [6.07, 6.45) is 10.6. The predicted octanol–water partition coefficient (Wildman–Crippen LogP) is 11.1. The highest BCUT2D eigenvalue weighted by Gasteiger charge is 2.40. The van der Waals surface area contributed by atoms with Crippen molar-refractivity contribution < 1.29 is 31.1 Å². The highest BCUT2D eigenvalue weighted by Crippen LogP contribution is 2.42. The minimum Gasteiger partial charge on any atom is -0.434 e. The summed E-state index contributed by atoms with van der Waals surface area (Å²) in [7, 11) is 0. The van der Waals surface area contributed by atoms with Gasteiger partial charge in [0.15, 0.2) is 23.3 Å². The topological polar surface area (TPSA) is 9.23 Å². The van der Waals surface area contributed by atoms with Crippen LogP contribution in [0, 0.1) is 35.1 Å². The van der Waals surface area contributed by atoms with Crippen LogP contribution in [0.4, 0.5) is 26.3 Å². The van der Waals surface area contributed by atoms with Crippen molar-refractivity contribution in [2.45, 2.75) is 96.5 Å². The van der Waals surface area contributed by atoms with Crippen LogP contribution in [0.2, 0.25) is 0 Å². The third kappa shape index (κ3) is 6.77. The zero-order valence-electron chi connectivity index (χ0n) is 23.2. The van der Waals surface area contributed by atoms with Gasteiger partial charge in [-0.25, -0.2) is 17.6 Å². The van der Waals surface area contributed by atoms with E-state index in [0.717, 1.165) is 44.6 Å². The first-order valence-corrected chi connectivity index (χ1v) is 14.5. The number of ether oxygens (including phenoxy) is 1. The van der Waals surface area contributed by atoms with Crippen LogP contribution >= 0.6 is 0 Å². The Kier molecular flexibility index (Phi) is 10.1. The Morgan fingerprint density at radius 1 is 0.850 bits per heavy atom. The zero-order valence-corrected chi connectivity index (χ0v) is 23.2. The highest BCUT2D eigenvalue weighted by atomic mass is 19.3. The first-order chi connectivity index (χ1) is 19.2. The number of hydrogen-bond acceptors (Lipinski definition) is 1. The molecule has 0 amide bonds. The Morgan fingerprint density at radius 3 is 2.15 bits per heavy atom. The molecule has 0 aromatic heterocycles. The molecule has 218 valence electrons. The molecule has 2 aromatic rings. The molecule has 2 aromatic carbocycles. The molecule has 0 aliphatic heterocycles. The van der Waals surface area contributed by atoms with Gasteiger partial charge in [0.2, 0.25) is 0 Å². The molecule has 0 heterocycles. The molecule has 4 rings (SSSR count). The predicted molar refractivity (Wildman–Crippen MR) is 146 cm³/mol. The Hall–Kier alpha value is -2.70. The van der Waals surface area contributed by atoms with E-state index in [4.69, 9.17) is 4.74 Å². The molecular weight excluding hydrogens is 526 g/mol. The van der Waals surface area contributed by atoms with E-state index in [-0.39, 0.29) is 17.2 Å². The maximum Gasteiger partial charge on any atom is 0.429 e. The van der Waals surface area contributed by atoms with Crippen molar-refractivity contribution in [3.8, 4) is 11.1 Å². The number of halogens is 6. The summed E-state index contributed by atoms with van der Waals surface area (Å²) in [4.78, 5) is 0. The molecule has 40 heavy (non-hydrogen) atoms. The number of allylic oxidation sites excluding steroid dienone is 4. The molecule has 7 heteroatoms. The second-order valence-corrected chi connectivity index (χ2v) is 11.2. The minimum atomic E-state index is -4.12. The van der Waals surface area contributed by atoms with Gasteiger partial charge in [-0.15, -0.1) is 0 Å². The summed E-state index contributed by atoms with van der Waals surface area (Å²) in [5.41, 5.74) is -2.22. The van der Waals surface area contributed by atoms with Crippen molar-refractivity contribution in [1.82, 2.24) is 0 Å². The van der Waals surface area contributed by atoms with Crippen molar-refractivity contribution in [3.63, 3.8) is 0 Å². The van der Waals surface area contributed by atoms with E-state index in [1.165, 1.54) is 12.1 Å². The van der Waals surface area contributed by atoms with Crippen LogP contribution in [-0.4, -0.2) is 0 Å². The van der Waals surface area contributed by atoms with Gasteiger partial charge in [-0.1, -0.05) is 63.0 Å². The van der Waals surface area contributed by atoms with E-state index in [1.807, 2.05) is 13.0 Å². The summed E-state index contributed by atoms with van der Waals surface area (Å²) in [5.74, 6) is -5.27. The number of rotatable bonds is 10. The van der Waals surface area contributed by atoms with Crippen LogP contribution in [0.1, 0.15) is 102 Å². The molecule has 1 unspecified atom stereocenters. The van der Waals surface area contributed by atoms with E-state index >= 15 is 13.2 Å². The maximum absolute atomic E-state index is 15.1. The van der Waals surface area contributed by atoms with Gasteiger partial charge in [-0.05, 0) is 80.9 Å². The molecular formula is C33H38F6O. The summed E-state index contributed by atoms with van der Waals surface area (Å²) in [5, 5.41) is 0. The average Bonchev–Trinajstić information content (AvgIpc) is 2.93. The fourth-order valence-electron chi connectivity index (χ4n) is 6.09. The van der Waals surface area contributed by atoms with Gasteiger partial charge in [0.05, 0.1) is 5.76 Å². The molecule has 2 aliphatic rings. The van der Waals surface area contributed by atoms with Crippen LogP contribution < -0.4 is 0 Å². The smallest absolute Gasteiger partial charge is 0.429 e. The summed E-state index contributed by atoms with van der Waals surface area (Å²) < 4.78 is 95.0. The lowest BCUT2D eigenvalue weighted by Gasteiger charge is -2.27. The second-order valence-electron chi connectivity index (χ2n) is 11.2. The van der Waals surface area contributed by atoms with Gasteiger partial charge in [-0.2, -0.15) is 8.78 Å². The van der Waals surface area contributed by atoms with Gasteiger partial charge in [0.25, 0.3) is 0 Å². The third-order valence-electron chi connectivity index (χ3n) is 8.43. The molecule has 0 bridgehead atoms. The minimum absolute atomic E-state index is 0.0454. The average molecular weight is 565 g/mol. The molecule has 1 atom stereocenters. The molecule has 0 radical (unpaired) electrons. The van der Waals surface area contributed by atoms with Gasteiger partial charge in [-0.3, -0.25) is 0 Å². The van der Waals surface area contributed by atoms with Gasteiger partial charge >= 0.3 is 6.11 Å². The molecule has 1 nitrogen and oxygen atoms in total. The second kappa shape index (κ2) is 13.3. The highest BCUT2D eigenvalue weighted by molar-refractivity contribution is 5.66. The SMILES string of the molecule is CC=CC1CCC(c2ccc(-c3ccc(C(F)(F)OC4=CCC(CCCCC)CC4)c(F)c3F)c(F)c2F)CC1. The summed E-state index contributed by atoms with van der Waals surface area (Å²) in [6, 6.07) is 4.12. The van der Waals surface area contributed by atoms with Crippen molar-refractivity contribution in [2.24, 2.45) is 11.8 Å². The van der Waals surface area contributed by atoms with Crippen molar-refractivity contribution in [2.75, 3.05) is 0 Å². The van der Waals surface area contributed by atoms with Crippen molar-refractivity contribution in [3.05, 3.63) is 82.6 Å². The van der Waals surface area contributed by atoms with Gasteiger partial charge in [0.1, 0.15) is 5.56 Å². The quantitative estimate of drug-likeness (QED) is 0.158. The lowest BCUT2D eigenvalue weighted by Crippen LogP contribution is -2.22. The Bertz CT molecular complexity index is 1230. The van der Waals surface area contributed by atoms with Crippen molar-refractivity contribution in [1.29, 1.82) is 0 Å². The van der Waals surface area contributed by atoms with E-state index in [2.05, 4.69) is 13.0 Å². The number of unbranched alkanes of at least 4 members (excludes halogenated alkanes) is 2. The molecule has 2 aliphatic carbocycles. The Labute approximate surface area is 233 Å². The number of benzene rings is 2. The first kappa shape index (κ1) is 30.3. The fourth-order valence-corrected chi connectivity index (χ4v) is 6.09. The van der Waals surface area contributed by atoms with E-state index < -0.39 is 46.1 Å². The number of alkyl halides is 2. The lowest BCUT2D eigenvalue weighted by atomic mass is 9.78. The molecule has 1 saturated carbocycles. The molecule has 0 N–H and O–H groups in total. The Balaban J connectivity index is 1.50. The third-order valence-corrected chi connectivity index (χ3v) is 8.43. The maximum atomic E-state index is 15.1. The van der Waals surface area contributed by atoms with Crippen LogP contribution in [0.3, 0.4) is 0 Å². The molecule has 0 spiro atoms. The lowest BCUT2D eigenvalue weighted by molar-refractivity contribution is -0.228. The first-order valence-electron chi connectivity index (χ1n) is 14.5. The fraction of sp³-hybridized carbons (Fsp3) is 0.515. The van der Waals surface area contributed by atoms with Gasteiger partial charge in [0, 0.05) is 17.5 Å². The monoisotopic (exact) mass is 564 g/mol. The Morgan fingerprint density at radius 2 is 1.52 bits per heavy atom. The van der Waals surface area contributed by atoms with E-state index in [9.17, 15) is 13.2 Å². The largest absolute Gasteiger partial charge is 0.434 e.